The number of rotatable bonds is 4. The molecule has 28 heavy (non-hydrogen) atoms. The smallest absolute Gasteiger partial charge is 0.181 e. The van der Waals surface area contributed by atoms with Gasteiger partial charge in [0.2, 0.25) is 0 Å². The molecule has 0 aliphatic carbocycles. The van der Waals surface area contributed by atoms with Gasteiger partial charge in [-0.1, -0.05) is 84.9 Å². The standard InChI is InChI=1S/C22H16N6/c1-3-7-15(8-4-1)19-23-21(27-25-19)17-11-13-18(14-12-17)22-24-20(26-28-22)16-9-5-2-6-10-16/h1-14H,(H,23,25,27)(H,24,26,28). The summed E-state index contributed by atoms with van der Waals surface area (Å²) in [7, 11) is 0. The first kappa shape index (κ1) is 16.1. The fraction of sp³-hybridized carbons (Fsp3) is 0. The van der Waals surface area contributed by atoms with E-state index in [4.69, 9.17) is 0 Å². The van der Waals surface area contributed by atoms with Crippen molar-refractivity contribution in [3.8, 4) is 45.6 Å². The van der Waals surface area contributed by atoms with Crippen LogP contribution in [0.4, 0.5) is 0 Å². The van der Waals surface area contributed by atoms with Crippen LogP contribution in [0.3, 0.4) is 0 Å². The van der Waals surface area contributed by atoms with Crippen LogP contribution < -0.4 is 0 Å². The van der Waals surface area contributed by atoms with Gasteiger partial charge in [0.15, 0.2) is 23.3 Å². The maximum Gasteiger partial charge on any atom is 0.181 e. The molecule has 2 aromatic heterocycles. The van der Waals surface area contributed by atoms with Gasteiger partial charge in [0, 0.05) is 22.3 Å². The molecular formula is C22H16N6. The number of H-pyrrole nitrogens is 2. The first-order valence-electron chi connectivity index (χ1n) is 8.93. The molecule has 0 amide bonds. The maximum atomic E-state index is 4.59. The highest BCUT2D eigenvalue weighted by Gasteiger charge is 2.10. The second kappa shape index (κ2) is 6.92. The van der Waals surface area contributed by atoms with Crippen molar-refractivity contribution in [3.05, 3.63) is 84.9 Å². The van der Waals surface area contributed by atoms with E-state index in [0.29, 0.717) is 11.6 Å². The summed E-state index contributed by atoms with van der Waals surface area (Å²) in [4.78, 5) is 9.19. The molecule has 0 spiro atoms. The molecule has 0 aliphatic rings. The van der Waals surface area contributed by atoms with E-state index < -0.39 is 0 Å². The number of nitrogens with one attached hydrogen (secondary N) is 2. The van der Waals surface area contributed by atoms with Crippen LogP contribution in [0.2, 0.25) is 0 Å². The molecular weight excluding hydrogens is 348 g/mol. The minimum Gasteiger partial charge on any atom is -0.259 e. The maximum absolute atomic E-state index is 4.59. The Bertz CT molecular complexity index is 1090. The molecule has 2 N–H and O–H groups in total. The number of hydrogen-bond donors (Lipinski definition) is 2. The van der Waals surface area contributed by atoms with Crippen molar-refractivity contribution < 1.29 is 0 Å². The van der Waals surface area contributed by atoms with E-state index in [-0.39, 0.29) is 0 Å². The Hall–Kier alpha value is -4.06. The molecule has 0 saturated heterocycles. The van der Waals surface area contributed by atoms with Crippen LogP contribution in [0.5, 0.6) is 0 Å². The molecule has 0 radical (unpaired) electrons. The van der Waals surface area contributed by atoms with E-state index in [1.807, 2.05) is 84.9 Å². The van der Waals surface area contributed by atoms with Crippen molar-refractivity contribution in [3.63, 3.8) is 0 Å². The lowest BCUT2D eigenvalue weighted by Gasteiger charge is -1.99. The van der Waals surface area contributed by atoms with Gasteiger partial charge in [-0.25, -0.2) is 9.97 Å². The molecule has 3 aromatic carbocycles. The number of nitrogens with zero attached hydrogens (tertiary/aromatic N) is 4. The molecule has 5 rings (SSSR count). The molecule has 0 saturated carbocycles. The van der Waals surface area contributed by atoms with Crippen LogP contribution in [-0.2, 0) is 0 Å². The third-order valence-corrected chi connectivity index (χ3v) is 4.47. The normalized spacial score (nSPS) is 10.9. The average Bonchev–Trinajstić information content (AvgIpc) is 3.46. The summed E-state index contributed by atoms with van der Waals surface area (Å²) in [6.07, 6.45) is 0. The van der Waals surface area contributed by atoms with Crippen LogP contribution in [0.25, 0.3) is 45.6 Å². The molecule has 0 fully saturated rings. The third-order valence-electron chi connectivity index (χ3n) is 4.47. The largest absolute Gasteiger partial charge is 0.259 e. The molecule has 5 aromatic rings. The zero-order valence-corrected chi connectivity index (χ0v) is 14.9. The van der Waals surface area contributed by atoms with Crippen LogP contribution >= 0.6 is 0 Å². The van der Waals surface area contributed by atoms with Gasteiger partial charge in [-0.2, -0.15) is 10.2 Å². The van der Waals surface area contributed by atoms with Crippen molar-refractivity contribution in [2.75, 3.05) is 0 Å². The van der Waals surface area contributed by atoms with Crippen molar-refractivity contribution in [1.82, 2.24) is 30.4 Å². The summed E-state index contributed by atoms with van der Waals surface area (Å²) in [5.41, 5.74) is 3.89. The van der Waals surface area contributed by atoms with Crippen molar-refractivity contribution in [1.29, 1.82) is 0 Å². The highest BCUT2D eigenvalue weighted by molar-refractivity contribution is 5.66. The summed E-state index contributed by atoms with van der Waals surface area (Å²) in [5, 5.41) is 14.6. The zero-order chi connectivity index (χ0) is 18.8. The summed E-state index contributed by atoms with van der Waals surface area (Å²) in [6.45, 7) is 0. The van der Waals surface area contributed by atoms with Crippen LogP contribution in [0, 0.1) is 0 Å². The fourth-order valence-electron chi connectivity index (χ4n) is 3.00. The van der Waals surface area contributed by atoms with Gasteiger partial charge >= 0.3 is 0 Å². The third kappa shape index (κ3) is 3.07. The van der Waals surface area contributed by atoms with E-state index in [1.54, 1.807) is 0 Å². The lowest BCUT2D eigenvalue weighted by molar-refractivity contribution is 1.10. The average molecular weight is 364 g/mol. The van der Waals surface area contributed by atoms with Gasteiger partial charge in [-0.05, 0) is 0 Å². The highest BCUT2D eigenvalue weighted by atomic mass is 15.2. The summed E-state index contributed by atoms with van der Waals surface area (Å²) in [6, 6.07) is 27.8. The van der Waals surface area contributed by atoms with Crippen molar-refractivity contribution >= 4 is 0 Å². The molecule has 0 atom stereocenters. The quantitative estimate of drug-likeness (QED) is 0.488. The molecule has 0 aliphatic heterocycles. The second-order valence-electron chi connectivity index (χ2n) is 6.32. The van der Waals surface area contributed by atoms with E-state index >= 15 is 0 Å². The molecule has 6 nitrogen and oxygen atoms in total. The Balaban J connectivity index is 1.40. The number of hydrogen-bond acceptors (Lipinski definition) is 4. The van der Waals surface area contributed by atoms with E-state index in [2.05, 4.69) is 30.4 Å². The van der Waals surface area contributed by atoms with E-state index in [9.17, 15) is 0 Å². The Morgan fingerprint density at radius 1 is 0.429 bits per heavy atom. The van der Waals surface area contributed by atoms with Gasteiger partial charge < -0.3 is 0 Å². The second-order valence-corrected chi connectivity index (χ2v) is 6.32. The topological polar surface area (TPSA) is 83.1 Å². The van der Waals surface area contributed by atoms with Gasteiger partial charge in [-0.15, -0.1) is 0 Å². The van der Waals surface area contributed by atoms with Crippen molar-refractivity contribution in [2.24, 2.45) is 0 Å². The minimum atomic E-state index is 0.683. The fourth-order valence-corrected chi connectivity index (χ4v) is 3.00. The van der Waals surface area contributed by atoms with Crippen molar-refractivity contribution in [2.45, 2.75) is 0 Å². The number of benzene rings is 3. The van der Waals surface area contributed by atoms with Crippen LogP contribution in [-0.4, -0.2) is 30.4 Å². The predicted molar refractivity (Wildman–Crippen MR) is 108 cm³/mol. The van der Waals surface area contributed by atoms with E-state index in [0.717, 1.165) is 33.9 Å². The molecule has 134 valence electrons. The monoisotopic (exact) mass is 364 g/mol. The summed E-state index contributed by atoms with van der Waals surface area (Å²) in [5.74, 6) is 2.82. The molecule has 2 heterocycles. The minimum absolute atomic E-state index is 0.683. The van der Waals surface area contributed by atoms with Crippen LogP contribution in [0.15, 0.2) is 84.9 Å². The van der Waals surface area contributed by atoms with E-state index in [1.165, 1.54) is 0 Å². The zero-order valence-electron chi connectivity index (χ0n) is 14.9. The number of aromatic nitrogens is 6. The van der Waals surface area contributed by atoms with Gasteiger partial charge in [-0.3, -0.25) is 10.2 Å². The first-order valence-corrected chi connectivity index (χ1v) is 8.93. The predicted octanol–water partition coefficient (Wildman–Crippen LogP) is 4.59. The van der Waals surface area contributed by atoms with Gasteiger partial charge in [0.05, 0.1) is 0 Å². The lowest BCUT2D eigenvalue weighted by atomic mass is 10.1. The molecule has 6 heteroatoms. The Morgan fingerprint density at radius 2 is 0.821 bits per heavy atom. The molecule has 0 bridgehead atoms. The first-order chi connectivity index (χ1) is 13.9. The van der Waals surface area contributed by atoms with Crippen LogP contribution in [0.1, 0.15) is 0 Å². The van der Waals surface area contributed by atoms with Gasteiger partial charge in [0.1, 0.15) is 0 Å². The van der Waals surface area contributed by atoms with Gasteiger partial charge in [0.25, 0.3) is 0 Å². The highest BCUT2D eigenvalue weighted by Crippen LogP contribution is 2.24. The summed E-state index contributed by atoms with van der Waals surface area (Å²) < 4.78 is 0. The Morgan fingerprint density at radius 3 is 1.21 bits per heavy atom. The molecule has 0 unspecified atom stereocenters. The Kier molecular flexibility index (Phi) is 3.99. The summed E-state index contributed by atoms with van der Waals surface area (Å²) >= 11 is 0. The number of aromatic amines is 2. The lowest BCUT2D eigenvalue weighted by Crippen LogP contribution is -1.84. The Labute approximate surface area is 161 Å². The SMILES string of the molecule is c1ccc(-c2n[nH]c(-c3ccc(-c4nc(-c5ccccc5)n[nH]4)cc3)n2)cc1.